The fourth-order valence-electron chi connectivity index (χ4n) is 2.91. The van der Waals surface area contributed by atoms with E-state index >= 15 is 0 Å². The summed E-state index contributed by atoms with van der Waals surface area (Å²) in [7, 11) is 0. The molecule has 2 N–H and O–H groups in total. The summed E-state index contributed by atoms with van der Waals surface area (Å²) in [6.07, 6.45) is 0. The number of carbonyl (C=O) groups excluding carboxylic acids is 2. The summed E-state index contributed by atoms with van der Waals surface area (Å²) < 4.78 is 0. The lowest BCUT2D eigenvalue weighted by atomic mass is 10.0. The molecule has 3 aromatic carbocycles. The molecule has 0 fully saturated rings. The molecule has 0 aliphatic rings. The van der Waals surface area contributed by atoms with E-state index in [9.17, 15) is 9.59 Å². The largest absolute Gasteiger partial charge is 0.322 e. The van der Waals surface area contributed by atoms with E-state index in [1.165, 1.54) is 5.56 Å². The Morgan fingerprint density at radius 1 is 0.839 bits per heavy atom. The van der Waals surface area contributed by atoms with Gasteiger partial charge in [-0.15, -0.1) is 0 Å². The van der Waals surface area contributed by atoms with Gasteiger partial charge in [-0.2, -0.15) is 5.10 Å². The van der Waals surface area contributed by atoms with Crippen LogP contribution in [0.1, 0.15) is 58.5 Å². The SMILES string of the molecule is CC(=NNC(=O)c1ccc(C(C)C)cc1)c1cccc(NC(=O)c2ccc(Cl)cc2)c1. The maximum atomic E-state index is 12.4. The Balaban J connectivity index is 1.66. The number of amides is 2. The van der Waals surface area contributed by atoms with Crippen LogP contribution in [0.15, 0.2) is 77.9 Å². The maximum absolute atomic E-state index is 12.4. The van der Waals surface area contributed by atoms with Crippen LogP contribution in [-0.4, -0.2) is 17.5 Å². The molecule has 3 aromatic rings. The number of halogens is 1. The lowest BCUT2D eigenvalue weighted by Crippen LogP contribution is -2.19. The summed E-state index contributed by atoms with van der Waals surface area (Å²) in [5.41, 5.74) is 6.85. The standard InChI is InChI=1S/C25H24ClN3O2/c1-16(2)18-7-9-20(10-8-18)25(31)29-28-17(3)21-5-4-6-23(15-21)27-24(30)19-11-13-22(26)14-12-19/h4-16H,1-3H3,(H,27,30)(H,29,31). The van der Waals surface area contributed by atoms with E-state index in [1.54, 1.807) is 55.5 Å². The minimum atomic E-state index is -0.276. The first-order chi connectivity index (χ1) is 14.8. The van der Waals surface area contributed by atoms with Crippen molar-refractivity contribution >= 4 is 34.8 Å². The zero-order valence-corrected chi connectivity index (χ0v) is 18.4. The van der Waals surface area contributed by atoms with Crippen LogP contribution in [-0.2, 0) is 0 Å². The lowest BCUT2D eigenvalue weighted by Gasteiger charge is -2.09. The second-order valence-corrected chi connectivity index (χ2v) is 7.89. The topological polar surface area (TPSA) is 70.6 Å². The Hall–Kier alpha value is -3.44. The van der Waals surface area contributed by atoms with Gasteiger partial charge in [0.05, 0.1) is 5.71 Å². The van der Waals surface area contributed by atoms with Crippen LogP contribution in [0.4, 0.5) is 5.69 Å². The Bertz CT molecular complexity index is 1100. The molecule has 31 heavy (non-hydrogen) atoms. The van der Waals surface area contributed by atoms with E-state index in [4.69, 9.17) is 11.6 Å². The van der Waals surface area contributed by atoms with E-state index in [0.29, 0.717) is 33.5 Å². The van der Waals surface area contributed by atoms with Crippen molar-refractivity contribution in [1.82, 2.24) is 5.43 Å². The van der Waals surface area contributed by atoms with E-state index in [-0.39, 0.29) is 11.8 Å². The van der Waals surface area contributed by atoms with Crippen molar-refractivity contribution < 1.29 is 9.59 Å². The predicted molar refractivity (Wildman–Crippen MR) is 126 cm³/mol. The van der Waals surface area contributed by atoms with Crippen LogP contribution >= 0.6 is 11.6 Å². The summed E-state index contributed by atoms with van der Waals surface area (Å²) in [5, 5.41) is 7.63. The molecule has 0 atom stereocenters. The molecule has 0 saturated heterocycles. The number of benzene rings is 3. The van der Waals surface area contributed by atoms with Gasteiger partial charge in [-0.05, 0) is 72.5 Å². The molecule has 0 aliphatic heterocycles. The first-order valence-electron chi connectivity index (χ1n) is 9.95. The first-order valence-corrected chi connectivity index (χ1v) is 10.3. The summed E-state index contributed by atoms with van der Waals surface area (Å²) in [6.45, 7) is 6.01. The third-order valence-corrected chi connectivity index (χ3v) is 5.06. The van der Waals surface area contributed by atoms with Gasteiger partial charge in [0, 0.05) is 21.8 Å². The van der Waals surface area contributed by atoms with Crippen LogP contribution in [0, 0.1) is 0 Å². The molecule has 158 valence electrons. The molecule has 0 aromatic heterocycles. The van der Waals surface area contributed by atoms with Crippen molar-refractivity contribution in [3.63, 3.8) is 0 Å². The molecule has 0 unspecified atom stereocenters. The normalized spacial score (nSPS) is 11.3. The molecule has 0 aliphatic carbocycles. The van der Waals surface area contributed by atoms with Crippen LogP contribution < -0.4 is 10.7 Å². The quantitative estimate of drug-likeness (QED) is 0.377. The predicted octanol–water partition coefficient (Wildman–Crippen LogP) is 5.87. The highest BCUT2D eigenvalue weighted by Gasteiger charge is 2.09. The van der Waals surface area contributed by atoms with Gasteiger partial charge in [0.15, 0.2) is 0 Å². The second-order valence-electron chi connectivity index (χ2n) is 7.46. The van der Waals surface area contributed by atoms with Gasteiger partial charge in [0.2, 0.25) is 0 Å². The van der Waals surface area contributed by atoms with Crippen LogP contribution in [0.5, 0.6) is 0 Å². The first kappa shape index (κ1) is 22.2. The fraction of sp³-hybridized carbons (Fsp3) is 0.160. The number of rotatable bonds is 6. The number of nitrogens with one attached hydrogen (secondary N) is 2. The molecule has 5 nitrogen and oxygen atoms in total. The summed E-state index contributed by atoms with van der Waals surface area (Å²) in [6, 6.07) is 21.4. The van der Waals surface area contributed by atoms with Crippen LogP contribution in [0.2, 0.25) is 5.02 Å². The van der Waals surface area contributed by atoms with Crippen molar-refractivity contribution in [2.24, 2.45) is 5.10 Å². The van der Waals surface area contributed by atoms with Crippen molar-refractivity contribution in [2.75, 3.05) is 5.32 Å². The number of hydrazone groups is 1. The summed E-state index contributed by atoms with van der Waals surface area (Å²) in [4.78, 5) is 24.8. The van der Waals surface area contributed by atoms with Gasteiger partial charge in [-0.1, -0.05) is 49.7 Å². The number of hydrogen-bond donors (Lipinski definition) is 2. The average molecular weight is 434 g/mol. The minimum Gasteiger partial charge on any atom is -0.322 e. The maximum Gasteiger partial charge on any atom is 0.271 e. The Kier molecular flexibility index (Phi) is 7.21. The third-order valence-electron chi connectivity index (χ3n) is 4.81. The summed E-state index contributed by atoms with van der Waals surface area (Å²) >= 11 is 5.87. The smallest absolute Gasteiger partial charge is 0.271 e. The molecule has 0 spiro atoms. The van der Waals surface area contributed by atoms with Crippen molar-refractivity contribution in [3.8, 4) is 0 Å². The van der Waals surface area contributed by atoms with Gasteiger partial charge in [-0.3, -0.25) is 9.59 Å². The van der Waals surface area contributed by atoms with E-state index in [2.05, 4.69) is 29.7 Å². The number of nitrogens with zero attached hydrogens (tertiary/aromatic N) is 1. The Morgan fingerprint density at radius 2 is 1.45 bits per heavy atom. The Morgan fingerprint density at radius 3 is 2.10 bits per heavy atom. The highest BCUT2D eigenvalue weighted by molar-refractivity contribution is 6.30. The van der Waals surface area contributed by atoms with E-state index in [0.717, 1.165) is 5.56 Å². The van der Waals surface area contributed by atoms with E-state index < -0.39 is 0 Å². The van der Waals surface area contributed by atoms with Crippen LogP contribution in [0.3, 0.4) is 0 Å². The molecule has 3 rings (SSSR count). The molecule has 0 radical (unpaired) electrons. The highest BCUT2D eigenvalue weighted by atomic mass is 35.5. The van der Waals surface area contributed by atoms with Crippen molar-refractivity contribution in [1.29, 1.82) is 0 Å². The molecular formula is C25H24ClN3O2. The monoisotopic (exact) mass is 433 g/mol. The molecule has 0 bridgehead atoms. The number of hydrogen-bond acceptors (Lipinski definition) is 3. The minimum absolute atomic E-state index is 0.235. The van der Waals surface area contributed by atoms with Gasteiger partial charge in [0.25, 0.3) is 11.8 Å². The molecular weight excluding hydrogens is 410 g/mol. The number of carbonyl (C=O) groups is 2. The average Bonchev–Trinajstić information content (AvgIpc) is 2.77. The van der Waals surface area contributed by atoms with Crippen molar-refractivity contribution in [2.45, 2.75) is 26.7 Å². The second kappa shape index (κ2) is 10.0. The molecule has 0 saturated carbocycles. The third kappa shape index (κ3) is 6.03. The summed E-state index contributed by atoms with van der Waals surface area (Å²) in [5.74, 6) is -0.103. The van der Waals surface area contributed by atoms with E-state index in [1.807, 2.05) is 24.3 Å². The van der Waals surface area contributed by atoms with Gasteiger partial charge < -0.3 is 5.32 Å². The molecule has 6 heteroatoms. The van der Waals surface area contributed by atoms with Crippen LogP contribution in [0.25, 0.3) is 0 Å². The Labute approximate surface area is 187 Å². The van der Waals surface area contributed by atoms with Gasteiger partial charge in [0.1, 0.15) is 0 Å². The molecule has 0 heterocycles. The number of anilines is 1. The lowest BCUT2D eigenvalue weighted by molar-refractivity contribution is 0.0954. The van der Waals surface area contributed by atoms with Gasteiger partial charge >= 0.3 is 0 Å². The van der Waals surface area contributed by atoms with Crippen molar-refractivity contribution in [3.05, 3.63) is 100 Å². The fourth-order valence-corrected chi connectivity index (χ4v) is 3.04. The zero-order valence-electron chi connectivity index (χ0n) is 17.6. The zero-order chi connectivity index (χ0) is 22.4. The molecule has 2 amide bonds. The highest BCUT2D eigenvalue weighted by Crippen LogP contribution is 2.16. The van der Waals surface area contributed by atoms with Gasteiger partial charge in [-0.25, -0.2) is 5.43 Å².